The molecule has 0 unspecified atom stereocenters. The Morgan fingerprint density at radius 2 is 2.05 bits per heavy atom. The molecule has 1 aliphatic rings. The van der Waals surface area contributed by atoms with Gasteiger partial charge in [-0.25, -0.2) is 0 Å². The van der Waals surface area contributed by atoms with E-state index in [1.807, 2.05) is 22.9 Å². The fourth-order valence-corrected chi connectivity index (χ4v) is 2.86. The molecule has 0 amide bonds. The minimum absolute atomic E-state index is 0.567. The van der Waals surface area contributed by atoms with Gasteiger partial charge in [-0.3, -0.25) is 9.48 Å². The summed E-state index contributed by atoms with van der Waals surface area (Å²) in [6.45, 7) is 0.667. The first-order chi connectivity index (χ1) is 9.36. The summed E-state index contributed by atoms with van der Waals surface area (Å²) in [5, 5.41) is 4.66. The number of carbonyl (C=O) groups excluding carboxylic acids is 1. The van der Waals surface area contributed by atoms with Crippen LogP contribution in [0.15, 0.2) is 30.6 Å². The Bertz CT molecular complexity index is 549. The summed E-state index contributed by atoms with van der Waals surface area (Å²) < 4.78 is 4.04. The smallest absolute Gasteiger partial charge is 0.166 e. The van der Waals surface area contributed by atoms with Crippen molar-refractivity contribution < 1.29 is 4.79 Å². The fraction of sp³-hybridized carbons (Fsp3) is 0.467. The van der Waals surface area contributed by atoms with Crippen LogP contribution in [0.1, 0.15) is 54.3 Å². The summed E-state index contributed by atoms with van der Waals surface area (Å²) in [4.78, 5) is 10.9. The van der Waals surface area contributed by atoms with Gasteiger partial charge < -0.3 is 4.57 Å². The van der Waals surface area contributed by atoms with Crippen molar-refractivity contribution in [2.24, 2.45) is 0 Å². The van der Waals surface area contributed by atoms with E-state index in [2.05, 4.69) is 22.0 Å². The van der Waals surface area contributed by atoms with Crippen LogP contribution >= 0.6 is 0 Å². The number of nitrogens with zero attached hydrogens (tertiary/aromatic N) is 3. The highest BCUT2D eigenvalue weighted by molar-refractivity contribution is 5.72. The molecule has 0 radical (unpaired) electrons. The lowest BCUT2D eigenvalue weighted by molar-refractivity contribution is 0.111. The summed E-state index contributed by atoms with van der Waals surface area (Å²) in [6, 6.07) is 6.34. The van der Waals surface area contributed by atoms with Gasteiger partial charge in [0.05, 0.1) is 24.0 Å². The summed E-state index contributed by atoms with van der Waals surface area (Å²) in [7, 11) is 0. The van der Waals surface area contributed by atoms with E-state index in [-0.39, 0.29) is 0 Å². The van der Waals surface area contributed by atoms with Crippen molar-refractivity contribution in [2.45, 2.75) is 44.7 Å². The van der Waals surface area contributed by atoms with Crippen LogP contribution in [0, 0.1) is 0 Å². The van der Waals surface area contributed by atoms with Crippen molar-refractivity contribution in [1.82, 2.24) is 14.3 Å². The molecule has 2 aromatic heterocycles. The highest BCUT2D eigenvalue weighted by atomic mass is 16.1. The molecule has 0 aromatic carbocycles. The number of aromatic nitrogens is 3. The van der Waals surface area contributed by atoms with Crippen LogP contribution < -0.4 is 0 Å². The summed E-state index contributed by atoms with van der Waals surface area (Å²) in [5.74, 6) is 0. The average molecular weight is 257 g/mol. The van der Waals surface area contributed by atoms with Crippen molar-refractivity contribution in [3.63, 3.8) is 0 Å². The number of rotatable bonds is 4. The van der Waals surface area contributed by atoms with Gasteiger partial charge in [-0.15, -0.1) is 0 Å². The van der Waals surface area contributed by atoms with Crippen LogP contribution in [0.5, 0.6) is 0 Å². The molecule has 0 atom stereocenters. The van der Waals surface area contributed by atoms with Gasteiger partial charge in [0, 0.05) is 12.4 Å². The Morgan fingerprint density at radius 3 is 2.84 bits per heavy atom. The first kappa shape index (κ1) is 12.2. The van der Waals surface area contributed by atoms with Crippen LogP contribution in [0.3, 0.4) is 0 Å². The third kappa shape index (κ3) is 2.62. The molecular formula is C15H19N3O. The van der Waals surface area contributed by atoms with Gasteiger partial charge in [0.25, 0.3) is 0 Å². The molecular weight excluding hydrogens is 238 g/mol. The lowest BCUT2D eigenvalue weighted by Gasteiger charge is -2.21. The molecule has 0 bridgehead atoms. The van der Waals surface area contributed by atoms with Gasteiger partial charge in [0.15, 0.2) is 6.29 Å². The van der Waals surface area contributed by atoms with Gasteiger partial charge in [0.2, 0.25) is 0 Å². The van der Waals surface area contributed by atoms with Crippen LogP contribution in [0.2, 0.25) is 0 Å². The van der Waals surface area contributed by atoms with Crippen molar-refractivity contribution in [3.05, 3.63) is 42.0 Å². The molecule has 4 heteroatoms. The van der Waals surface area contributed by atoms with E-state index in [9.17, 15) is 4.79 Å². The summed E-state index contributed by atoms with van der Waals surface area (Å²) >= 11 is 0. The Morgan fingerprint density at radius 1 is 1.21 bits per heavy atom. The number of hydrogen-bond donors (Lipinski definition) is 0. The second-order valence-corrected chi connectivity index (χ2v) is 5.26. The minimum atomic E-state index is 0.567. The number of carbonyl (C=O) groups is 1. The van der Waals surface area contributed by atoms with Gasteiger partial charge in [-0.05, 0) is 31.0 Å². The topological polar surface area (TPSA) is 39.8 Å². The Kier molecular flexibility index (Phi) is 3.49. The van der Waals surface area contributed by atoms with E-state index in [0.717, 1.165) is 12.0 Å². The maximum Gasteiger partial charge on any atom is 0.166 e. The van der Waals surface area contributed by atoms with E-state index in [4.69, 9.17) is 0 Å². The van der Waals surface area contributed by atoms with Gasteiger partial charge in [-0.2, -0.15) is 5.10 Å². The van der Waals surface area contributed by atoms with Crippen LogP contribution in [0.25, 0.3) is 0 Å². The molecule has 3 rings (SSSR count). The summed E-state index contributed by atoms with van der Waals surface area (Å²) in [5.41, 5.74) is 1.72. The standard InChI is InChI=1S/C15H19N3O/c19-12-15-7-4-9-17(15)11-13-8-10-18(16-13)14-5-2-1-3-6-14/h4,7-10,12,14H,1-3,5-6,11H2. The molecule has 1 saturated carbocycles. The predicted octanol–water partition coefficient (Wildman–Crippen LogP) is 3.05. The molecule has 1 aliphatic carbocycles. The largest absolute Gasteiger partial charge is 0.339 e. The Labute approximate surface area is 113 Å². The lowest BCUT2D eigenvalue weighted by Crippen LogP contribution is -2.14. The molecule has 0 spiro atoms. The van der Waals surface area contributed by atoms with Crippen molar-refractivity contribution in [1.29, 1.82) is 0 Å². The Balaban J connectivity index is 1.72. The van der Waals surface area contributed by atoms with E-state index >= 15 is 0 Å². The fourth-order valence-electron chi connectivity index (χ4n) is 2.86. The molecule has 100 valence electrons. The highest BCUT2D eigenvalue weighted by Crippen LogP contribution is 2.27. The van der Waals surface area contributed by atoms with E-state index in [1.165, 1.54) is 32.1 Å². The molecule has 2 aromatic rings. The monoisotopic (exact) mass is 257 g/mol. The second-order valence-electron chi connectivity index (χ2n) is 5.26. The summed E-state index contributed by atoms with van der Waals surface area (Å²) in [6.07, 6.45) is 11.3. The normalized spacial score (nSPS) is 16.6. The second kappa shape index (κ2) is 5.43. The Hall–Kier alpha value is -1.84. The van der Waals surface area contributed by atoms with Crippen LogP contribution in [0.4, 0.5) is 0 Å². The molecule has 19 heavy (non-hydrogen) atoms. The quantitative estimate of drug-likeness (QED) is 0.790. The van der Waals surface area contributed by atoms with E-state index in [0.29, 0.717) is 18.3 Å². The minimum Gasteiger partial charge on any atom is -0.339 e. The van der Waals surface area contributed by atoms with Crippen molar-refractivity contribution >= 4 is 6.29 Å². The van der Waals surface area contributed by atoms with Crippen LogP contribution in [-0.2, 0) is 6.54 Å². The van der Waals surface area contributed by atoms with Crippen molar-refractivity contribution in [2.75, 3.05) is 0 Å². The molecule has 0 saturated heterocycles. The SMILES string of the molecule is O=Cc1cccn1Cc1ccn(C2CCCCC2)n1. The maximum absolute atomic E-state index is 10.9. The first-order valence-electron chi connectivity index (χ1n) is 7.01. The highest BCUT2D eigenvalue weighted by Gasteiger charge is 2.16. The zero-order valence-corrected chi connectivity index (χ0v) is 11.0. The lowest BCUT2D eigenvalue weighted by atomic mass is 9.96. The maximum atomic E-state index is 10.9. The van der Waals surface area contributed by atoms with Gasteiger partial charge in [0.1, 0.15) is 0 Å². The van der Waals surface area contributed by atoms with E-state index < -0.39 is 0 Å². The molecule has 1 fully saturated rings. The zero-order valence-electron chi connectivity index (χ0n) is 11.0. The third-order valence-corrected chi connectivity index (χ3v) is 3.93. The molecule has 0 aliphatic heterocycles. The first-order valence-corrected chi connectivity index (χ1v) is 7.01. The van der Waals surface area contributed by atoms with Gasteiger partial charge >= 0.3 is 0 Å². The zero-order chi connectivity index (χ0) is 13.1. The predicted molar refractivity (Wildman–Crippen MR) is 73.3 cm³/mol. The average Bonchev–Trinajstić information content (AvgIpc) is 3.09. The van der Waals surface area contributed by atoms with Gasteiger partial charge in [-0.1, -0.05) is 19.3 Å². The third-order valence-electron chi connectivity index (χ3n) is 3.93. The molecule has 0 N–H and O–H groups in total. The molecule has 2 heterocycles. The number of aldehydes is 1. The number of hydrogen-bond acceptors (Lipinski definition) is 2. The van der Waals surface area contributed by atoms with E-state index in [1.54, 1.807) is 0 Å². The molecule has 4 nitrogen and oxygen atoms in total. The van der Waals surface area contributed by atoms with Crippen LogP contribution in [-0.4, -0.2) is 20.6 Å². The van der Waals surface area contributed by atoms with Crippen molar-refractivity contribution in [3.8, 4) is 0 Å².